The van der Waals surface area contributed by atoms with Gasteiger partial charge in [-0.2, -0.15) is 0 Å². The molecule has 0 amide bonds. The SMILES string of the molecule is CCOC(=O)CN(CC(=O)OCC)c1ccc([N+](=O)[O-])c(N(CC(=O)OCC)CC(=O)OCC)c1OC. The normalized spacial score (nSPS) is 10.2. The lowest BCUT2D eigenvalue weighted by Crippen LogP contribution is -2.38. The number of nitro groups is 1. The van der Waals surface area contributed by atoms with E-state index in [4.69, 9.17) is 23.7 Å². The molecule has 0 unspecified atom stereocenters. The molecule has 0 radical (unpaired) electrons. The van der Waals surface area contributed by atoms with Gasteiger partial charge in [0.1, 0.15) is 26.2 Å². The van der Waals surface area contributed by atoms with Crippen LogP contribution in [-0.2, 0) is 38.1 Å². The summed E-state index contributed by atoms with van der Waals surface area (Å²) in [6.07, 6.45) is 0. The third-order valence-corrected chi connectivity index (χ3v) is 4.65. The van der Waals surface area contributed by atoms with Crippen LogP contribution < -0.4 is 14.5 Å². The van der Waals surface area contributed by atoms with Crippen molar-refractivity contribution in [1.82, 2.24) is 0 Å². The molecule has 0 N–H and O–H groups in total. The van der Waals surface area contributed by atoms with Crippen molar-refractivity contribution in [3.05, 3.63) is 22.2 Å². The van der Waals surface area contributed by atoms with Crippen LogP contribution in [0.15, 0.2) is 12.1 Å². The van der Waals surface area contributed by atoms with Gasteiger partial charge < -0.3 is 33.5 Å². The average Bonchev–Trinajstić information content (AvgIpc) is 2.82. The highest BCUT2D eigenvalue weighted by molar-refractivity contribution is 5.91. The number of nitro benzene ring substituents is 1. The van der Waals surface area contributed by atoms with Crippen molar-refractivity contribution < 1.29 is 47.8 Å². The monoisotopic (exact) mass is 527 g/mol. The molecule has 0 heterocycles. The molecule has 0 aliphatic rings. The van der Waals surface area contributed by atoms with E-state index >= 15 is 0 Å². The topological polar surface area (TPSA) is 164 Å². The summed E-state index contributed by atoms with van der Waals surface area (Å²) in [6.45, 7) is 4.69. The van der Waals surface area contributed by atoms with Crippen LogP contribution in [0.5, 0.6) is 5.75 Å². The largest absolute Gasteiger partial charge is 0.492 e. The summed E-state index contributed by atoms with van der Waals surface area (Å²) in [4.78, 5) is 62.9. The lowest BCUT2D eigenvalue weighted by atomic mass is 10.1. The predicted octanol–water partition coefficient (Wildman–Crippen LogP) is 1.47. The zero-order valence-corrected chi connectivity index (χ0v) is 21.6. The molecule has 0 aliphatic carbocycles. The van der Waals surface area contributed by atoms with Crippen molar-refractivity contribution in [3.8, 4) is 5.75 Å². The van der Waals surface area contributed by atoms with E-state index in [-0.39, 0.29) is 43.6 Å². The van der Waals surface area contributed by atoms with Gasteiger partial charge >= 0.3 is 23.9 Å². The van der Waals surface area contributed by atoms with Crippen LogP contribution in [0.3, 0.4) is 0 Å². The minimum absolute atomic E-state index is 0.0399. The molecule has 0 aliphatic heterocycles. The Hall–Kier alpha value is -4.10. The summed E-state index contributed by atoms with van der Waals surface area (Å²) in [5.74, 6) is -3.05. The van der Waals surface area contributed by atoms with Crippen molar-refractivity contribution in [2.45, 2.75) is 27.7 Å². The number of anilines is 2. The summed E-state index contributed by atoms with van der Waals surface area (Å²) < 4.78 is 25.4. The first-order valence-corrected chi connectivity index (χ1v) is 11.6. The second-order valence-corrected chi connectivity index (χ2v) is 7.17. The number of esters is 4. The molecule has 0 aromatic heterocycles. The number of carbonyl (C=O) groups is 4. The van der Waals surface area contributed by atoms with E-state index in [0.29, 0.717) is 0 Å². The minimum Gasteiger partial charge on any atom is -0.492 e. The maximum absolute atomic E-state index is 12.3. The predicted molar refractivity (Wildman–Crippen MR) is 131 cm³/mol. The van der Waals surface area contributed by atoms with Crippen LogP contribution in [0, 0.1) is 10.1 Å². The highest BCUT2D eigenvalue weighted by Crippen LogP contribution is 2.44. The Morgan fingerprint density at radius 3 is 1.43 bits per heavy atom. The third-order valence-electron chi connectivity index (χ3n) is 4.65. The zero-order valence-electron chi connectivity index (χ0n) is 21.6. The number of benzene rings is 1. The van der Waals surface area contributed by atoms with Crippen molar-refractivity contribution in [2.75, 3.05) is 69.5 Å². The van der Waals surface area contributed by atoms with E-state index in [2.05, 4.69) is 0 Å². The fourth-order valence-corrected chi connectivity index (χ4v) is 3.34. The Morgan fingerprint density at radius 2 is 1.11 bits per heavy atom. The average molecular weight is 528 g/mol. The van der Waals surface area contributed by atoms with E-state index in [1.54, 1.807) is 27.7 Å². The number of carbonyl (C=O) groups excluding carboxylic acids is 4. The molecular formula is C23H33N3O11. The Labute approximate surface area is 214 Å². The molecule has 37 heavy (non-hydrogen) atoms. The maximum atomic E-state index is 12.3. The lowest BCUT2D eigenvalue weighted by molar-refractivity contribution is -0.384. The number of methoxy groups -OCH3 is 1. The van der Waals surface area contributed by atoms with Crippen molar-refractivity contribution >= 4 is 40.9 Å². The molecule has 0 bridgehead atoms. The van der Waals surface area contributed by atoms with Crippen LogP contribution >= 0.6 is 0 Å². The Kier molecular flexibility index (Phi) is 13.2. The standard InChI is InChI=1S/C23H33N3O11/c1-6-34-18(27)12-24(13-19(28)35-7-2)17-11-10-16(26(31)32)22(23(17)33-5)25(14-20(29)36-8-3)15-21(30)37-9-4/h10-11H,6-9,12-15H2,1-5H3. The van der Waals surface area contributed by atoms with E-state index in [0.717, 1.165) is 11.0 Å². The molecule has 1 aromatic rings. The fourth-order valence-electron chi connectivity index (χ4n) is 3.34. The second kappa shape index (κ2) is 15.8. The Bertz CT molecular complexity index is 928. The van der Waals surface area contributed by atoms with Crippen LogP contribution in [0.1, 0.15) is 27.7 Å². The van der Waals surface area contributed by atoms with Crippen LogP contribution in [0.25, 0.3) is 0 Å². The van der Waals surface area contributed by atoms with Crippen molar-refractivity contribution in [2.24, 2.45) is 0 Å². The minimum atomic E-state index is -0.761. The van der Waals surface area contributed by atoms with Crippen LogP contribution in [0.2, 0.25) is 0 Å². The zero-order chi connectivity index (χ0) is 28.0. The maximum Gasteiger partial charge on any atom is 0.325 e. The van der Waals surface area contributed by atoms with Gasteiger partial charge in [0.25, 0.3) is 5.69 Å². The summed E-state index contributed by atoms with van der Waals surface area (Å²) in [7, 11) is 1.21. The highest BCUT2D eigenvalue weighted by Gasteiger charge is 2.32. The first-order chi connectivity index (χ1) is 17.6. The highest BCUT2D eigenvalue weighted by atomic mass is 16.6. The Balaban J connectivity index is 3.77. The molecule has 1 aromatic carbocycles. The molecule has 0 spiro atoms. The van der Waals surface area contributed by atoms with E-state index in [1.807, 2.05) is 0 Å². The van der Waals surface area contributed by atoms with Gasteiger partial charge in [-0.15, -0.1) is 0 Å². The molecule has 0 fully saturated rings. The first-order valence-electron chi connectivity index (χ1n) is 11.6. The van der Waals surface area contributed by atoms with Gasteiger partial charge in [0.05, 0.1) is 44.1 Å². The van der Waals surface area contributed by atoms with Gasteiger partial charge in [-0.3, -0.25) is 29.3 Å². The van der Waals surface area contributed by atoms with Gasteiger partial charge in [0.15, 0.2) is 11.4 Å². The van der Waals surface area contributed by atoms with E-state index in [9.17, 15) is 29.3 Å². The van der Waals surface area contributed by atoms with Crippen LogP contribution in [-0.4, -0.2) is 88.5 Å². The third kappa shape index (κ3) is 9.46. The molecule has 1 rings (SSSR count). The van der Waals surface area contributed by atoms with E-state index in [1.165, 1.54) is 18.1 Å². The van der Waals surface area contributed by atoms with Crippen molar-refractivity contribution in [3.63, 3.8) is 0 Å². The molecule has 0 atom stereocenters. The quantitative estimate of drug-likeness (QED) is 0.131. The molecule has 0 saturated heterocycles. The lowest BCUT2D eigenvalue weighted by Gasteiger charge is -2.29. The number of ether oxygens (including phenoxy) is 5. The summed E-state index contributed by atoms with van der Waals surface area (Å²) >= 11 is 0. The van der Waals surface area contributed by atoms with Gasteiger partial charge in [-0.05, 0) is 33.8 Å². The van der Waals surface area contributed by atoms with Gasteiger partial charge in [-0.1, -0.05) is 0 Å². The number of nitrogens with zero attached hydrogens (tertiary/aromatic N) is 3. The summed E-state index contributed by atoms with van der Waals surface area (Å²) in [5.41, 5.74) is -0.660. The first kappa shape index (κ1) is 30.9. The van der Waals surface area contributed by atoms with Crippen LogP contribution in [0.4, 0.5) is 17.1 Å². The number of hydrogen-bond acceptors (Lipinski definition) is 13. The van der Waals surface area contributed by atoms with E-state index < -0.39 is 60.7 Å². The Morgan fingerprint density at radius 1 is 0.730 bits per heavy atom. The molecule has 206 valence electrons. The smallest absolute Gasteiger partial charge is 0.325 e. The van der Waals surface area contributed by atoms with Gasteiger partial charge in [0, 0.05) is 6.07 Å². The molecular weight excluding hydrogens is 494 g/mol. The number of hydrogen-bond donors (Lipinski definition) is 0. The molecule has 0 saturated carbocycles. The summed E-state index contributed by atoms with van der Waals surface area (Å²) in [5, 5.41) is 12.0. The van der Waals surface area contributed by atoms with Gasteiger partial charge in [-0.25, -0.2) is 0 Å². The van der Waals surface area contributed by atoms with Gasteiger partial charge in [0.2, 0.25) is 0 Å². The summed E-state index contributed by atoms with van der Waals surface area (Å²) in [6, 6.07) is 2.39. The second-order valence-electron chi connectivity index (χ2n) is 7.17. The molecule has 14 heteroatoms. The fraction of sp³-hybridized carbons (Fsp3) is 0.565. The number of rotatable bonds is 16. The molecule has 14 nitrogen and oxygen atoms in total. The van der Waals surface area contributed by atoms with Crippen molar-refractivity contribution in [1.29, 1.82) is 0 Å².